The van der Waals surface area contributed by atoms with Gasteiger partial charge in [0.25, 0.3) is 0 Å². The van der Waals surface area contributed by atoms with Gasteiger partial charge >= 0.3 is 0 Å². The van der Waals surface area contributed by atoms with E-state index >= 15 is 0 Å². The molecule has 0 spiro atoms. The van der Waals surface area contributed by atoms with Crippen LogP contribution in [0.25, 0.3) is 75.5 Å². The Balaban J connectivity index is 1.01. The van der Waals surface area contributed by atoms with E-state index in [1.54, 1.807) is 0 Å². The molecular formula is C61H39NOS. The molecule has 10 aromatic carbocycles. The molecule has 2 nitrogen and oxygen atoms in total. The zero-order valence-corrected chi connectivity index (χ0v) is 35.6. The molecule has 12 aromatic rings. The van der Waals surface area contributed by atoms with Crippen LogP contribution >= 0.6 is 11.3 Å². The molecule has 0 saturated heterocycles. The van der Waals surface area contributed by atoms with Gasteiger partial charge in [0.1, 0.15) is 11.2 Å². The normalized spacial score (nSPS) is 12.8. The van der Waals surface area contributed by atoms with E-state index in [0.717, 1.165) is 50.1 Å². The van der Waals surface area contributed by atoms with Gasteiger partial charge in [0, 0.05) is 53.6 Å². The monoisotopic (exact) mass is 833 g/mol. The third-order valence-electron chi connectivity index (χ3n) is 13.4. The lowest BCUT2D eigenvalue weighted by molar-refractivity contribution is 0.670. The summed E-state index contributed by atoms with van der Waals surface area (Å²) in [6, 6.07) is 86.5. The highest BCUT2D eigenvalue weighted by Gasteiger charge is 2.46. The lowest BCUT2D eigenvalue weighted by atomic mass is 9.68. The zero-order chi connectivity index (χ0) is 42.2. The summed E-state index contributed by atoms with van der Waals surface area (Å²) in [6.45, 7) is 0. The first-order valence-corrected chi connectivity index (χ1v) is 22.7. The number of anilines is 3. The van der Waals surface area contributed by atoms with Gasteiger partial charge in [-0.2, -0.15) is 0 Å². The summed E-state index contributed by atoms with van der Waals surface area (Å²) in [6.07, 6.45) is 0. The molecule has 13 rings (SSSR count). The van der Waals surface area contributed by atoms with Crippen molar-refractivity contribution < 1.29 is 4.42 Å². The van der Waals surface area contributed by atoms with Crippen molar-refractivity contribution in [3.05, 3.63) is 259 Å². The number of para-hydroxylation sites is 2. The number of furan rings is 1. The number of hydrogen-bond donors (Lipinski definition) is 0. The highest BCUT2D eigenvalue weighted by molar-refractivity contribution is 7.25. The summed E-state index contributed by atoms with van der Waals surface area (Å²) in [5, 5.41) is 4.87. The first kappa shape index (κ1) is 36.7. The average molecular weight is 834 g/mol. The van der Waals surface area contributed by atoms with Gasteiger partial charge in [0.2, 0.25) is 0 Å². The molecule has 2 aromatic heterocycles. The molecule has 300 valence electrons. The van der Waals surface area contributed by atoms with Crippen LogP contribution in [0.4, 0.5) is 17.1 Å². The molecule has 0 N–H and O–H groups in total. The Morgan fingerprint density at radius 2 is 0.953 bits per heavy atom. The van der Waals surface area contributed by atoms with Gasteiger partial charge in [-0.3, -0.25) is 0 Å². The van der Waals surface area contributed by atoms with Crippen molar-refractivity contribution in [1.29, 1.82) is 0 Å². The van der Waals surface area contributed by atoms with Crippen LogP contribution in [0.3, 0.4) is 0 Å². The first-order chi connectivity index (χ1) is 31.7. The molecule has 1 aliphatic carbocycles. The predicted octanol–water partition coefficient (Wildman–Crippen LogP) is 17.1. The number of nitrogens with zero attached hydrogens (tertiary/aromatic N) is 1. The molecule has 0 aliphatic heterocycles. The van der Waals surface area contributed by atoms with Gasteiger partial charge in [-0.05, 0) is 105 Å². The van der Waals surface area contributed by atoms with Crippen LogP contribution in [0.1, 0.15) is 22.3 Å². The molecule has 3 heteroatoms. The first-order valence-electron chi connectivity index (χ1n) is 21.9. The molecule has 0 unspecified atom stereocenters. The minimum absolute atomic E-state index is 0.475. The quantitative estimate of drug-likeness (QED) is 0.159. The van der Waals surface area contributed by atoms with Crippen LogP contribution in [0.15, 0.2) is 241 Å². The van der Waals surface area contributed by atoms with Gasteiger partial charge in [-0.15, -0.1) is 11.3 Å². The standard InChI is InChI=1S/C61H39NOS/c1-3-17-42(18-4-1)61(43-19-5-2-6-20-43)54-28-10-7-22-49(54)53-39-46(36-37-55(53)61)62(44-34-32-40(33-35-44)47-25-15-31-58-59(47)52-24-9-12-30-57(52)64-58)45-21-13-16-41(38-45)48-26-14-27-51-50-23-8-11-29-56(50)63-60(48)51/h1-39H. The molecule has 0 radical (unpaired) electrons. The third kappa shape index (κ3) is 5.51. The van der Waals surface area contributed by atoms with Gasteiger partial charge < -0.3 is 9.32 Å². The molecule has 2 heterocycles. The average Bonchev–Trinajstić information content (AvgIpc) is 4.04. The molecule has 1 aliphatic rings. The van der Waals surface area contributed by atoms with Crippen molar-refractivity contribution >= 4 is 70.5 Å². The van der Waals surface area contributed by atoms with Crippen molar-refractivity contribution in [3.63, 3.8) is 0 Å². The topological polar surface area (TPSA) is 16.4 Å². The maximum absolute atomic E-state index is 6.58. The van der Waals surface area contributed by atoms with Crippen molar-refractivity contribution in [2.45, 2.75) is 5.41 Å². The summed E-state index contributed by atoms with van der Waals surface area (Å²) in [5.41, 5.74) is 16.8. The Kier molecular flexibility index (Phi) is 8.34. The van der Waals surface area contributed by atoms with Gasteiger partial charge in [0.15, 0.2) is 0 Å². The second-order valence-electron chi connectivity index (χ2n) is 16.7. The highest BCUT2D eigenvalue weighted by atomic mass is 32.1. The van der Waals surface area contributed by atoms with E-state index in [-0.39, 0.29) is 0 Å². The van der Waals surface area contributed by atoms with Crippen molar-refractivity contribution in [2.24, 2.45) is 0 Å². The van der Waals surface area contributed by atoms with Crippen LogP contribution in [-0.2, 0) is 5.41 Å². The van der Waals surface area contributed by atoms with Crippen LogP contribution in [0, 0.1) is 0 Å². The summed E-state index contributed by atoms with van der Waals surface area (Å²) in [5.74, 6) is 0. The molecule has 0 atom stereocenters. The highest BCUT2D eigenvalue weighted by Crippen LogP contribution is 2.57. The SMILES string of the molecule is c1ccc(C2(c3ccccc3)c3ccccc3-c3cc(N(c4ccc(-c5cccc6sc7ccccc7c56)cc4)c4cccc(-c5cccc6c5oc5ccccc56)c4)ccc32)cc1. The Labute approximate surface area is 375 Å². The Morgan fingerprint density at radius 1 is 0.359 bits per heavy atom. The number of thiophene rings is 1. The van der Waals surface area contributed by atoms with Crippen LogP contribution in [0.2, 0.25) is 0 Å². The second-order valence-corrected chi connectivity index (χ2v) is 17.8. The number of rotatable bonds is 7. The summed E-state index contributed by atoms with van der Waals surface area (Å²) in [7, 11) is 0. The van der Waals surface area contributed by atoms with Crippen molar-refractivity contribution in [2.75, 3.05) is 4.90 Å². The number of hydrogen-bond acceptors (Lipinski definition) is 3. The maximum Gasteiger partial charge on any atom is 0.143 e. The molecular weight excluding hydrogens is 795 g/mol. The van der Waals surface area contributed by atoms with E-state index in [1.165, 1.54) is 64.7 Å². The number of benzene rings is 10. The summed E-state index contributed by atoms with van der Waals surface area (Å²) in [4.78, 5) is 2.42. The van der Waals surface area contributed by atoms with E-state index in [2.05, 4.69) is 235 Å². The zero-order valence-electron chi connectivity index (χ0n) is 34.8. The van der Waals surface area contributed by atoms with Gasteiger partial charge in [-0.25, -0.2) is 0 Å². The van der Waals surface area contributed by atoms with Crippen LogP contribution in [-0.4, -0.2) is 0 Å². The molecule has 0 amide bonds. The van der Waals surface area contributed by atoms with Crippen LogP contribution in [0.5, 0.6) is 0 Å². The largest absolute Gasteiger partial charge is 0.455 e. The minimum atomic E-state index is -0.475. The summed E-state index contributed by atoms with van der Waals surface area (Å²) >= 11 is 1.86. The van der Waals surface area contributed by atoms with E-state index < -0.39 is 5.41 Å². The van der Waals surface area contributed by atoms with Gasteiger partial charge in [0.05, 0.1) is 5.41 Å². The van der Waals surface area contributed by atoms with Crippen molar-refractivity contribution in [1.82, 2.24) is 0 Å². The Morgan fingerprint density at radius 3 is 1.78 bits per heavy atom. The fraction of sp³-hybridized carbons (Fsp3) is 0.0164. The van der Waals surface area contributed by atoms with E-state index in [0.29, 0.717) is 0 Å². The van der Waals surface area contributed by atoms with Crippen molar-refractivity contribution in [3.8, 4) is 33.4 Å². The maximum atomic E-state index is 6.58. The second kappa shape index (κ2) is 14.6. The predicted molar refractivity (Wildman–Crippen MR) is 269 cm³/mol. The lowest BCUT2D eigenvalue weighted by Gasteiger charge is -2.34. The fourth-order valence-corrected chi connectivity index (χ4v) is 11.7. The van der Waals surface area contributed by atoms with E-state index in [9.17, 15) is 0 Å². The van der Waals surface area contributed by atoms with E-state index in [4.69, 9.17) is 4.42 Å². The molecule has 0 saturated carbocycles. The Bertz CT molecular complexity index is 3690. The third-order valence-corrected chi connectivity index (χ3v) is 14.5. The molecule has 0 fully saturated rings. The van der Waals surface area contributed by atoms with E-state index in [1.807, 2.05) is 17.4 Å². The van der Waals surface area contributed by atoms with Crippen LogP contribution < -0.4 is 4.90 Å². The summed E-state index contributed by atoms with van der Waals surface area (Å²) < 4.78 is 9.20. The number of fused-ring (bicyclic) bond motifs is 9. The minimum Gasteiger partial charge on any atom is -0.455 e. The van der Waals surface area contributed by atoms with Gasteiger partial charge in [-0.1, -0.05) is 182 Å². The Hall–Kier alpha value is -7.98. The smallest absolute Gasteiger partial charge is 0.143 e. The lowest BCUT2D eigenvalue weighted by Crippen LogP contribution is -2.28. The molecule has 0 bridgehead atoms. The fourth-order valence-electron chi connectivity index (χ4n) is 10.6. The molecule has 64 heavy (non-hydrogen) atoms.